The quantitative estimate of drug-likeness (QED) is 0.816. The number of carbonyl (C=O) groups is 1. The topological polar surface area (TPSA) is 42.0 Å². The molecule has 5 nitrogen and oxygen atoms in total. The molecule has 1 saturated heterocycles. The molecule has 1 atom stereocenters. The van der Waals surface area contributed by atoms with E-state index in [1.807, 2.05) is 24.3 Å². The molecule has 1 spiro atoms. The molecule has 1 fully saturated rings. The van der Waals surface area contributed by atoms with E-state index < -0.39 is 6.10 Å². The molecule has 0 aliphatic carbocycles. The number of carbonyl (C=O) groups excluding carboxylic acids is 1. The minimum atomic E-state index is -0.487. The van der Waals surface area contributed by atoms with Crippen molar-refractivity contribution in [2.75, 3.05) is 34.3 Å². The third-order valence-electron chi connectivity index (χ3n) is 5.97. The summed E-state index contributed by atoms with van der Waals surface area (Å²) in [5.74, 6) is 0.902. The van der Waals surface area contributed by atoms with Gasteiger partial charge in [-0.25, -0.2) is 0 Å². The Hall–Kier alpha value is -2.37. The van der Waals surface area contributed by atoms with Gasteiger partial charge in [-0.15, -0.1) is 0 Å². The van der Waals surface area contributed by atoms with Gasteiger partial charge in [-0.05, 0) is 41.7 Å². The summed E-state index contributed by atoms with van der Waals surface area (Å²) in [7, 11) is 5.26. The normalized spacial score (nSPS) is 20.8. The Kier molecular flexibility index (Phi) is 5.13. The lowest BCUT2D eigenvalue weighted by molar-refractivity contribution is -0.158. The van der Waals surface area contributed by atoms with Gasteiger partial charge in [-0.2, -0.15) is 0 Å². The number of ether oxygens (including phenoxy) is 2. The highest BCUT2D eigenvalue weighted by molar-refractivity contribution is 5.83. The first-order chi connectivity index (χ1) is 13.5. The maximum atomic E-state index is 12.7. The van der Waals surface area contributed by atoms with Crippen LogP contribution in [0.1, 0.15) is 35.6 Å². The highest BCUT2D eigenvalue weighted by Crippen LogP contribution is 2.49. The number of methoxy groups -OCH3 is 1. The SMILES string of the molecule is COc1ccc(CN2CCC3(CC2)OC(C(=O)N(C)C)c2ccccc23)cc1. The standard InChI is InChI=1S/C23H28N2O3/c1-24(2)22(26)21-19-6-4-5-7-20(19)23(28-21)12-14-25(15-13-23)16-17-8-10-18(27-3)11-9-17/h4-11,21H,12-16H2,1-3H3. The van der Waals surface area contributed by atoms with Crippen molar-refractivity contribution in [3.05, 3.63) is 65.2 Å². The summed E-state index contributed by atoms with van der Waals surface area (Å²) in [4.78, 5) is 16.8. The zero-order valence-corrected chi connectivity index (χ0v) is 16.9. The lowest BCUT2D eigenvalue weighted by Gasteiger charge is -2.39. The lowest BCUT2D eigenvalue weighted by atomic mass is 9.83. The van der Waals surface area contributed by atoms with Crippen molar-refractivity contribution in [1.29, 1.82) is 0 Å². The van der Waals surface area contributed by atoms with Gasteiger partial charge in [0.1, 0.15) is 5.75 Å². The zero-order chi connectivity index (χ0) is 19.7. The van der Waals surface area contributed by atoms with Crippen LogP contribution >= 0.6 is 0 Å². The molecule has 28 heavy (non-hydrogen) atoms. The van der Waals surface area contributed by atoms with Gasteiger partial charge >= 0.3 is 0 Å². The molecule has 4 rings (SSSR count). The van der Waals surface area contributed by atoms with Gasteiger partial charge in [-0.3, -0.25) is 9.69 Å². The fourth-order valence-electron chi connectivity index (χ4n) is 4.36. The molecule has 0 saturated carbocycles. The highest BCUT2D eigenvalue weighted by Gasteiger charge is 2.48. The minimum absolute atomic E-state index is 0.0185. The van der Waals surface area contributed by atoms with Crippen molar-refractivity contribution in [3.63, 3.8) is 0 Å². The summed E-state index contributed by atoms with van der Waals surface area (Å²) in [6, 6.07) is 16.5. The van der Waals surface area contributed by atoms with Crippen molar-refractivity contribution in [2.45, 2.75) is 31.1 Å². The van der Waals surface area contributed by atoms with E-state index in [0.29, 0.717) is 0 Å². The minimum Gasteiger partial charge on any atom is -0.497 e. The number of fused-ring (bicyclic) bond motifs is 2. The predicted octanol–water partition coefficient (Wildman–Crippen LogP) is 3.35. The molecular formula is C23H28N2O3. The summed E-state index contributed by atoms with van der Waals surface area (Å²) in [6.07, 6.45) is 1.31. The molecule has 2 heterocycles. The van der Waals surface area contributed by atoms with E-state index in [1.54, 1.807) is 26.1 Å². The van der Waals surface area contributed by atoms with Crippen LogP contribution in [0.4, 0.5) is 0 Å². The average molecular weight is 380 g/mol. The summed E-state index contributed by atoms with van der Waals surface area (Å²) in [6.45, 7) is 2.81. The Morgan fingerprint density at radius 1 is 1.14 bits per heavy atom. The molecule has 5 heteroatoms. The first-order valence-electron chi connectivity index (χ1n) is 9.86. The molecule has 2 aliphatic rings. The van der Waals surface area contributed by atoms with Crippen LogP contribution in [0.25, 0.3) is 0 Å². The Morgan fingerprint density at radius 2 is 1.82 bits per heavy atom. The second kappa shape index (κ2) is 7.57. The first-order valence-corrected chi connectivity index (χ1v) is 9.86. The van der Waals surface area contributed by atoms with Gasteiger partial charge in [-0.1, -0.05) is 36.4 Å². The fourth-order valence-corrected chi connectivity index (χ4v) is 4.36. The van der Waals surface area contributed by atoms with Gasteiger partial charge in [0.15, 0.2) is 6.10 Å². The van der Waals surface area contributed by atoms with E-state index in [2.05, 4.69) is 29.2 Å². The van der Waals surface area contributed by atoms with Crippen molar-refractivity contribution >= 4 is 5.91 Å². The summed E-state index contributed by atoms with van der Waals surface area (Å²) >= 11 is 0. The monoisotopic (exact) mass is 380 g/mol. The second-order valence-corrected chi connectivity index (χ2v) is 7.94. The number of likely N-dealkylation sites (N-methyl/N-ethyl adjacent to an activating group) is 1. The summed E-state index contributed by atoms with van der Waals surface area (Å²) < 4.78 is 11.7. The Bertz CT molecular complexity index is 839. The van der Waals surface area contributed by atoms with Crippen LogP contribution in [0.3, 0.4) is 0 Å². The third kappa shape index (κ3) is 3.40. The van der Waals surface area contributed by atoms with Crippen molar-refractivity contribution in [2.24, 2.45) is 0 Å². The summed E-state index contributed by atoms with van der Waals surface area (Å²) in [5, 5.41) is 0. The molecule has 0 aromatic heterocycles. The maximum Gasteiger partial charge on any atom is 0.255 e. The number of benzene rings is 2. The smallest absolute Gasteiger partial charge is 0.255 e. The van der Waals surface area contributed by atoms with Gasteiger partial charge in [0, 0.05) is 33.7 Å². The highest BCUT2D eigenvalue weighted by atomic mass is 16.5. The van der Waals surface area contributed by atoms with Crippen molar-refractivity contribution in [1.82, 2.24) is 9.80 Å². The number of hydrogen-bond acceptors (Lipinski definition) is 4. The fraction of sp³-hybridized carbons (Fsp3) is 0.435. The molecule has 0 bridgehead atoms. The Labute approximate surface area is 166 Å². The molecule has 1 amide bonds. The van der Waals surface area contributed by atoms with E-state index in [4.69, 9.17) is 9.47 Å². The number of hydrogen-bond donors (Lipinski definition) is 0. The number of likely N-dealkylation sites (tertiary alicyclic amines) is 1. The molecule has 0 radical (unpaired) electrons. The number of nitrogens with zero attached hydrogens (tertiary/aromatic N) is 2. The van der Waals surface area contributed by atoms with Crippen LogP contribution in [-0.4, -0.2) is 50.0 Å². The van der Waals surface area contributed by atoms with Crippen LogP contribution in [-0.2, 0) is 21.7 Å². The van der Waals surface area contributed by atoms with Crippen molar-refractivity contribution < 1.29 is 14.3 Å². The Morgan fingerprint density at radius 3 is 2.46 bits per heavy atom. The molecule has 2 aromatic rings. The largest absolute Gasteiger partial charge is 0.497 e. The van der Waals surface area contributed by atoms with E-state index in [9.17, 15) is 4.79 Å². The van der Waals surface area contributed by atoms with E-state index in [-0.39, 0.29) is 11.5 Å². The van der Waals surface area contributed by atoms with Crippen LogP contribution in [0.2, 0.25) is 0 Å². The molecule has 0 N–H and O–H groups in total. The van der Waals surface area contributed by atoms with Crippen molar-refractivity contribution in [3.8, 4) is 5.75 Å². The zero-order valence-electron chi connectivity index (χ0n) is 16.9. The molecule has 2 aliphatic heterocycles. The number of amides is 1. The average Bonchev–Trinajstić information content (AvgIpc) is 3.04. The van der Waals surface area contributed by atoms with E-state index in [0.717, 1.165) is 43.8 Å². The van der Waals surface area contributed by atoms with Crippen LogP contribution < -0.4 is 4.74 Å². The van der Waals surface area contributed by atoms with Gasteiger partial charge < -0.3 is 14.4 Å². The third-order valence-corrected chi connectivity index (χ3v) is 5.97. The van der Waals surface area contributed by atoms with E-state index in [1.165, 1.54) is 11.1 Å². The molecule has 2 aromatic carbocycles. The van der Waals surface area contributed by atoms with Crippen LogP contribution in [0.15, 0.2) is 48.5 Å². The van der Waals surface area contributed by atoms with E-state index >= 15 is 0 Å². The molecule has 1 unspecified atom stereocenters. The summed E-state index contributed by atoms with van der Waals surface area (Å²) in [5.41, 5.74) is 3.16. The molecular weight excluding hydrogens is 352 g/mol. The number of piperidine rings is 1. The molecule has 148 valence electrons. The maximum absolute atomic E-state index is 12.7. The second-order valence-electron chi connectivity index (χ2n) is 7.94. The lowest BCUT2D eigenvalue weighted by Crippen LogP contribution is -2.43. The number of rotatable bonds is 4. The van der Waals surface area contributed by atoms with Gasteiger partial charge in [0.05, 0.1) is 12.7 Å². The van der Waals surface area contributed by atoms with Gasteiger partial charge in [0.2, 0.25) is 0 Å². The first kappa shape index (κ1) is 19.0. The van der Waals surface area contributed by atoms with Crippen LogP contribution in [0.5, 0.6) is 5.75 Å². The van der Waals surface area contributed by atoms with Crippen LogP contribution in [0, 0.1) is 0 Å². The van der Waals surface area contributed by atoms with Gasteiger partial charge in [0.25, 0.3) is 5.91 Å². The predicted molar refractivity (Wildman–Crippen MR) is 108 cm³/mol. The Balaban J connectivity index is 1.48.